The zero-order valence-electron chi connectivity index (χ0n) is 13.7. The number of fused-ring (bicyclic) bond motifs is 1. The highest BCUT2D eigenvalue weighted by Gasteiger charge is 2.29. The van der Waals surface area contributed by atoms with E-state index >= 15 is 0 Å². The van der Waals surface area contributed by atoms with Crippen molar-refractivity contribution in [2.45, 2.75) is 38.8 Å². The molecule has 1 saturated heterocycles. The van der Waals surface area contributed by atoms with Gasteiger partial charge in [-0.1, -0.05) is 0 Å². The van der Waals surface area contributed by atoms with Crippen LogP contribution in [-0.4, -0.2) is 41.3 Å². The average Bonchev–Trinajstić information content (AvgIpc) is 3.26. The summed E-state index contributed by atoms with van der Waals surface area (Å²) < 4.78 is 3.77. The summed E-state index contributed by atoms with van der Waals surface area (Å²) >= 11 is 0. The Morgan fingerprint density at radius 3 is 3.04 bits per heavy atom. The molecule has 3 aromatic rings. The van der Waals surface area contributed by atoms with E-state index in [2.05, 4.69) is 21.0 Å². The maximum absolute atomic E-state index is 12.8. The lowest BCUT2D eigenvalue weighted by Crippen LogP contribution is -2.40. The highest BCUT2D eigenvalue weighted by molar-refractivity contribution is 5.76. The molecule has 4 rings (SSSR count). The van der Waals surface area contributed by atoms with Crippen molar-refractivity contribution in [1.82, 2.24) is 28.8 Å². The van der Waals surface area contributed by atoms with Crippen LogP contribution in [0.5, 0.6) is 0 Å². The van der Waals surface area contributed by atoms with Crippen LogP contribution in [0, 0.1) is 6.92 Å². The Bertz CT molecular complexity index is 853. The van der Waals surface area contributed by atoms with E-state index in [1.807, 2.05) is 33.2 Å². The minimum atomic E-state index is 0.0233. The fourth-order valence-electron chi connectivity index (χ4n) is 3.42. The van der Waals surface area contributed by atoms with Crippen LogP contribution in [0.25, 0.3) is 5.78 Å². The van der Waals surface area contributed by atoms with E-state index in [-0.39, 0.29) is 11.9 Å². The molecule has 0 N–H and O–H groups in total. The molecule has 0 aliphatic carbocycles. The van der Waals surface area contributed by atoms with Crippen molar-refractivity contribution in [3.8, 4) is 0 Å². The van der Waals surface area contributed by atoms with Crippen molar-refractivity contribution in [3.05, 3.63) is 48.6 Å². The standard InChI is InChI=1S/C17H20N6O/c1-13-10-14(20-17-19-6-9-22(13)17)15-4-2-3-7-23(15)16(24)11-21-8-5-18-12-21/h5-6,8-10,12,15H,2-4,7,11H2,1H3. The number of aromatic nitrogens is 5. The Labute approximate surface area is 140 Å². The van der Waals surface area contributed by atoms with E-state index < -0.39 is 0 Å². The van der Waals surface area contributed by atoms with Gasteiger partial charge in [0, 0.05) is 37.0 Å². The average molecular weight is 324 g/mol. The number of hydrogen-bond donors (Lipinski definition) is 0. The smallest absolute Gasteiger partial charge is 0.243 e. The summed E-state index contributed by atoms with van der Waals surface area (Å²) in [5.74, 6) is 0.804. The second-order valence-electron chi connectivity index (χ2n) is 6.25. The second kappa shape index (κ2) is 6.07. The van der Waals surface area contributed by atoms with Gasteiger partial charge in [-0.15, -0.1) is 0 Å². The Hall–Kier alpha value is -2.70. The van der Waals surface area contributed by atoms with Gasteiger partial charge in [0.1, 0.15) is 6.54 Å². The Balaban J connectivity index is 1.64. The summed E-state index contributed by atoms with van der Waals surface area (Å²) in [7, 11) is 0. The normalized spacial score (nSPS) is 18.2. The first-order valence-electron chi connectivity index (χ1n) is 8.28. The van der Waals surface area contributed by atoms with E-state index in [4.69, 9.17) is 0 Å². The highest BCUT2D eigenvalue weighted by atomic mass is 16.2. The first-order chi connectivity index (χ1) is 11.7. The highest BCUT2D eigenvalue weighted by Crippen LogP contribution is 2.30. The number of carbonyl (C=O) groups excluding carboxylic acids is 1. The van der Waals surface area contributed by atoms with E-state index in [1.165, 1.54) is 0 Å². The molecule has 0 spiro atoms. The molecular formula is C17H20N6O. The molecule has 1 amide bonds. The summed E-state index contributed by atoms with van der Waals surface area (Å²) in [6.07, 6.45) is 11.9. The molecule has 1 aliphatic heterocycles. The van der Waals surface area contributed by atoms with Crippen molar-refractivity contribution in [3.63, 3.8) is 0 Å². The third kappa shape index (κ3) is 2.66. The van der Waals surface area contributed by atoms with Crippen molar-refractivity contribution >= 4 is 11.7 Å². The monoisotopic (exact) mass is 324 g/mol. The number of nitrogens with zero attached hydrogens (tertiary/aromatic N) is 6. The molecule has 1 fully saturated rings. The topological polar surface area (TPSA) is 68.3 Å². The Morgan fingerprint density at radius 2 is 2.21 bits per heavy atom. The molecule has 0 radical (unpaired) electrons. The van der Waals surface area contributed by atoms with Crippen molar-refractivity contribution < 1.29 is 4.79 Å². The van der Waals surface area contributed by atoms with Gasteiger partial charge in [0.25, 0.3) is 0 Å². The predicted molar refractivity (Wildman–Crippen MR) is 88.3 cm³/mol. The molecular weight excluding hydrogens is 304 g/mol. The van der Waals surface area contributed by atoms with Gasteiger partial charge in [-0.25, -0.2) is 15.0 Å². The number of hydrogen-bond acceptors (Lipinski definition) is 4. The van der Waals surface area contributed by atoms with Crippen LogP contribution in [-0.2, 0) is 11.3 Å². The number of rotatable bonds is 3. The number of likely N-dealkylation sites (tertiary alicyclic amines) is 1. The molecule has 1 aliphatic rings. The first kappa shape index (κ1) is 14.9. The molecule has 7 heteroatoms. The van der Waals surface area contributed by atoms with E-state index in [0.717, 1.165) is 37.2 Å². The largest absolute Gasteiger partial charge is 0.333 e. The van der Waals surface area contributed by atoms with Crippen LogP contribution in [0.3, 0.4) is 0 Å². The number of aryl methyl sites for hydroxylation is 1. The van der Waals surface area contributed by atoms with Crippen molar-refractivity contribution in [2.24, 2.45) is 0 Å². The van der Waals surface area contributed by atoms with Gasteiger partial charge in [-0.05, 0) is 32.3 Å². The van der Waals surface area contributed by atoms with Crippen LogP contribution in [0.2, 0.25) is 0 Å². The molecule has 3 aromatic heterocycles. The number of amides is 1. The summed E-state index contributed by atoms with van der Waals surface area (Å²) in [6, 6.07) is 2.09. The fourth-order valence-corrected chi connectivity index (χ4v) is 3.42. The molecule has 1 atom stereocenters. The third-order valence-corrected chi connectivity index (χ3v) is 4.63. The Kier molecular flexibility index (Phi) is 3.76. The Morgan fingerprint density at radius 1 is 1.29 bits per heavy atom. The maximum Gasteiger partial charge on any atom is 0.243 e. The molecule has 124 valence electrons. The van der Waals surface area contributed by atoms with E-state index in [0.29, 0.717) is 12.3 Å². The van der Waals surface area contributed by atoms with Crippen molar-refractivity contribution in [2.75, 3.05) is 6.54 Å². The third-order valence-electron chi connectivity index (χ3n) is 4.63. The zero-order chi connectivity index (χ0) is 16.5. The minimum absolute atomic E-state index is 0.0233. The molecule has 1 unspecified atom stereocenters. The van der Waals surface area contributed by atoms with E-state index in [9.17, 15) is 4.79 Å². The van der Waals surface area contributed by atoms with E-state index in [1.54, 1.807) is 18.7 Å². The quantitative estimate of drug-likeness (QED) is 0.739. The molecule has 0 aromatic carbocycles. The lowest BCUT2D eigenvalue weighted by molar-refractivity contribution is -0.135. The van der Waals surface area contributed by atoms with Gasteiger partial charge in [0.15, 0.2) is 0 Å². The van der Waals surface area contributed by atoms with Gasteiger partial charge in [0.05, 0.1) is 18.1 Å². The van der Waals surface area contributed by atoms with Crippen LogP contribution < -0.4 is 0 Å². The van der Waals surface area contributed by atoms with Gasteiger partial charge in [0.2, 0.25) is 11.7 Å². The molecule has 4 heterocycles. The van der Waals surface area contributed by atoms with Crippen LogP contribution in [0.15, 0.2) is 37.2 Å². The lowest BCUT2D eigenvalue weighted by atomic mass is 9.98. The fraction of sp³-hybridized carbons (Fsp3) is 0.412. The van der Waals surface area contributed by atoms with Gasteiger partial charge < -0.3 is 9.47 Å². The maximum atomic E-state index is 12.8. The van der Waals surface area contributed by atoms with Gasteiger partial charge in [-0.3, -0.25) is 9.20 Å². The molecule has 7 nitrogen and oxygen atoms in total. The summed E-state index contributed by atoms with van der Waals surface area (Å²) in [5, 5.41) is 0. The first-order valence-corrected chi connectivity index (χ1v) is 8.28. The summed E-state index contributed by atoms with van der Waals surface area (Å²) in [5.41, 5.74) is 2.02. The minimum Gasteiger partial charge on any atom is -0.333 e. The van der Waals surface area contributed by atoms with Crippen LogP contribution >= 0.6 is 0 Å². The SMILES string of the molecule is Cc1cc(C2CCCCN2C(=O)Cn2ccnc2)nc2nccn12. The number of imidazole rings is 2. The summed E-state index contributed by atoms with van der Waals surface area (Å²) in [6.45, 7) is 3.14. The molecule has 24 heavy (non-hydrogen) atoms. The van der Waals surface area contributed by atoms with Gasteiger partial charge >= 0.3 is 0 Å². The molecule has 0 bridgehead atoms. The molecule has 0 saturated carbocycles. The zero-order valence-corrected chi connectivity index (χ0v) is 13.7. The number of carbonyl (C=O) groups is 1. The van der Waals surface area contributed by atoms with Crippen LogP contribution in [0.1, 0.15) is 36.7 Å². The van der Waals surface area contributed by atoms with Crippen molar-refractivity contribution in [1.29, 1.82) is 0 Å². The number of piperidine rings is 1. The lowest BCUT2D eigenvalue weighted by Gasteiger charge is -2.35. The summed E-state index contributed by atoms with van der Waals surface area (Å²) in [4.78, 5) is 27.7. The second-order valence-corrected chi connectivity index (χ2v) is 6.25. The van der Waals surface area contributed by atoms with Crippen LogP contribution in [0.4, 0.5) is 0 Å². The van der Waals surface area contributed by atoms with Gasteiger partial charge in [-0.2, -0.15) is 0 Å². The predicted octanol–water partition coefficient (Wildman–Crippen LogP) is 1.99.